The zero-order valence-corrected chi connectivity index (χ0v) is 11.1. The van der Waals surface area contributed by atoms with E-state index in [0.29, 0.717) is 18.6 Å². The molecule has 1 heterocycles. The van der Waals surface area contributed by atoms with E-state index >= 15 is 0 Å². The van der Waals surface area contributed by atoms with Crippen molar-refractivity contribution in [2.24, 2.45) is 0 Å². The van der Waals surface area contributed by atoms with E-state index < -0.39 is 0 Å². The molecule has 0 amide bonds. The van der Waals surface area contributed by atoms with E-state index in [2.05, 4.69) is 27.3 Å². The minimum absolute atomic E-state index is 0.640. The lowest BCUT2D eigenvalue weighted by atomic mass is 10.3. The first-order valence-corrected chi connectivity index (χ1v) is 7.19. The van der Waals surface area contributed by atoms with Gasteiger partial charge in [0.15, 0.2) is 0 Å². The Morgan fingerprint density at radius 3 is 2.78 bits per heavy atom. The molecule has 0 spiro atoms. The number of nitrogens with one attached hydrogen (secondary N) is 1. The SMILES string of the molecule is CCCCN(c1nnc(CNC2CC2)o1)C1CC1. The molecule has 1 N–H and O–H groups in total. The van der Waals surface area contributed by atoms with E-state index in [0.717, 1.165) is 18.5 Å². The summed E-state index contributed by atoms with van der Waals surface area (Å²) in [7, 11) is 0. The van der Waals surface area contributed by atoms with Crippen molar-refractivity contribution in [3.8, 4) is 0 Å². The Morgan fingerprint density at radius 1 is 1.28 bits per heavy atom. The van der Waals surface area contributed by atoms with Crippen molar-refractivity contribution in [2.45, 2.75) is 64.1 Å². The summed E-state index contributed by atoms with van der Waals surface area (Å²) >= 11 is 0. The van der Waals surface area contributed by atoms with Gasteiger partial charge in [0.25, 0.3) is 0 Å². The van der Waals surface area contributed by atoms with E-state index in [1.807, 2.05) is 0 Å². The molecule has 3 rings (SSSR count). The maximum absolute atomic E-state index is 5.76. The first kappa shape index (κ1) is 12.0. The molecule has 2 aliphatic carbocycles. The van der Waals surface area contributed by atoms with E-state index in [1.165, 1.54) is 38.5 Å². The smallest absolute Gasteiger partial charge is 0.318 e. The Balaban J connectivity index is 1.57. The third-order valence-corrected chi connectivity index (χ3v) is 3.56. The van der Waals surface area contributed by atoms with E-state index in [-0.39, 0.29) is 0 Å². The second-order valence-corrected chi connectivity index (χ2v) is 5.41. The molecule has 0 atom stereocenters. The van der Waals surface area contributed by atoms with Crippen molar-refractivity contribution < 1.29 is 4.42 Å². The van der Waals surface area contributed by atoms with E-state index in [1.54, 1.807) is 0 Å². The number of anilines is 1. The van der Waals surface area contributed by atoms with Crippen LogP contribution >= 0.6 is 0 Å². The first-order valence-electron chi connectivity index (χ1n) is 7.19. The fourth-order valence-electron chi connectivity index (χ4n) is 2.10. The molecule has 2 saturated carbocycles. The molecular weight excluding hydrogens is 228 g/mol. The Morgan fingerprint density at radius 2 is 2.11 bits per heavy atom. The van der Waals surface area contributed by atoms with Crippen LogP contribution in [0.2, 0.25) is 0 Å². The maximum Gasteiger partial charge on any atom is 0.318 e. The number of hydrogen-bond donors (Lipinski definition) is 1. The molecule has 5 heteroatoms. The fraction of sp³-hybridized carbons (Fsp3) is 0.846. The van der Waals surface area contributed by atoms with Crippen LogP contribution in [0.1, 0.15) is 51.3 Å². The van der Waals surface area contributed by atoms with Crippen LogP contribution < -0.4 is 10.2 Å². The highest BCUT2D eigenvalue weighted by Crippen LogP contribution is 2.31. The molecule has 0 saturated heterocycles. The average molecular weight is 250 g/mol. The molecule has 2 fully saturated rings. The number of hydrogen-bond acceptors (Lipinski definition) is 5. The number of unbranched alkanes of at least 4 members (excludes halogenated alkanes) is 1. The van der Waals surface area contributed by atoms with Crippen LogP contribution in [0.3, 0.4) is 0 Å². The van der Waals surface area contributed by atoms with Gasteiger partial charge in [0.05, 0.1) is 6.54 Å². The zero-order valence-electron chi connectivity index (χ0n) is 11.1. The molecule has 100 valence electrons. The van der Waals surface area contributed by atoms with Gasteiger partial charge in [-0.2, -0.15) is 0 Å². The van der Waals surface area contributed by atoms with Gasteiger partial charge in [-0.25, -0.2) is 0 Å². The maximum atomic E-state index is 5.76. The molecule has 0 aliphatic heterocycles. The predicted octanol–water partition coefficient (Wildman–Crippen LogP) is 2.09. The highest BCUT2D eigenvalue weighted by molar-refractivity contribution is 5.29. The summed E-state index contributed by atoms with van der Waals surface area (Å²) < 4.78 is 5.76. The monoisotopic (exact) mass is 250 g/mol. The summed E-state index contributed by atoms with van der Waals surface area (Å²) in [6.07, 6.45) is 7.49. The van der Waals surface area contributed by atoms with Gasteiger partial charge in [-0.1, -0.05) is 18.4 Å². The molecule has 1 aromatic heterocycles. The van der Waals surface area contributed by atoms with Gasteiger partial charge < -0.3 is 14.6 Å². The molecule has 0 unspecified atom stereocenters. The third-order valence-electron chi connectivity index (χ3n) is 3.56. The normalized spacial score (nSPS) is 19.2. The van der Waals surface area contributed by atoms with Gasteiger partial charge in [0, 0.05) is 18.6 Å². The Bertz CT molecular complexity index is 384. The van der Waals surface area contributed by atoms with Crippen molar-refractivity contribution in [1.82, 2.24) is 15.5 Å². The highest BCUT2D eigenvalue weighted by atomic mass is 16.4. The second kappa shape index (κ2) is 5.26. The minimum Gasteiger partial charge on any atom is -0.407 e. The lowest BCUT2D eigenvalue weighted by molar-refractivity contribution is 0.456. The van der Waals surface area contributed by atoms with Gasteiger partial charge in [-0.3, -0.25) is 0 Å². The van der Waals surface area contributed by atoms with Crippen molar-refractivity contribution in [3.63, 3.8) is 0 Å². The minimum atomic E-state index is 0.640. The molecule has 0 aromatic carbocycles. The van der Waals surface area contributed by atoms with Gasteiger partial charge >= 0.3 is 6.01 Å². The van der Waals surface area contributed by atoms with Crippen LogP contribution in [0.4, 0.5) is 6.01 Å². The van der Waals surface area contributed by atoms with Crippen LogP contribution in [-0.2, 0) is 6.54 Å². The van der Waals surface area contributed by atoms with Crippen molar-refractivity contribution >= 4 is 6.01 Å². The molecule has 2 aliphatic rings. The lowest BCUT2D eigenvalue weighted by Crippen LogP contribution is -2.27. The molecule has 1 aromatic rings. The van der Waals surface area contributed by atoms with Crippen molar-refractivity contribution in [2.75, 3.05) is 11.4 Å². The molecular formula is C13H22N4O. The standard InChI is InChI=1S/C13H22N4O/c1-2-3-8-17(11-6-7-11)13-16-15-12(18-13)9-14-10-4-5-10/h10-11,14H,2-9H2,1H3. The van der Waals surface area contributed by atoms with Gasteiger partial charge in [0.2, 0.25) is 5.89 Å². The molecule has 18 heavy (non-hydrogen) atoms. The molecule has 5 nitrogen and oxygen atoms in total. The summed E-state index contributed by atoms with van der Waals surface area (Å²) in [6, 6.07) is 2.04. The molecule has 0 bridgehead atoms. The summed E-state index contributed by atoms with van der Waals surface area (Å²) in [5, 5.41) is 11.7. The van der Waals surface area contributed by atoms with Gasteiger partial charge in [-0.15, -0.1) is 5.10 Å². The number of aromatic nitrogens is 2. The highest BCUT2D eigenvalue weighted by Gasteiger charge is 2.32. The predicted molar refractivity (Wildman–Crippen MR) is 69.4 cm³/mol. The lowest BCUT2D eigenvalue weighted by Gasteiger charge is -2.18. The first-order chi connectivity index (χ1) is 8.86. The van der Waals surface area contributed by atoms with Crippen LogP contribution in [0.5, 0.6) is 0 Å². The largest absolute Gasteiger partial charge is 0.407 e. The van der Waals surface area contributed by atoms with Crippen molar-refractivity contribution in [3.05, 3.63) is 5.89 Å². The van der Waals surface area contributed by atoms with Crippen LogP contribution in [0.25, 0.3) is 0 Å². The Hall–Kier alpha value is -1.10. The van der Waals surface area contributed by atoms with Crippen LogP contribution in [-0.4, -0.2) is 28.8 Å². The average Bonchev–Trinajstić information content (AvgIpc) is 3.28. The Labute approximate surface area is 108 Å². The number of rotatable bonds is 8. The molecule has 0 radical (unpaired) electrons. The number of nitrogens with zero attached hydrogens (tertiary/aromatic N) is 3. The second-order valence-electron chi connectivity index (χ2n) is 5.41. The fourth-order valence-corrected chi connectivity index (χ4v) is 2.10. The Kier molecular flexibility index (Phi) is 3.50. The topological polar surface area (TPSA) is 54.2 Å². The van der Waals surface area contributed by atoms with Gasteiger partial charge in [-0.05, 0) is 32.1 Å². The van der Waals surface area contributed by atoms with Crippen molar-refractivity contribution in [1.29, 1.82) is 0 Å². The van der Waals surface area contributed by atoms with E-state index in [4.69, 9.17) is 4.42 Å². The van der Waals surface area contributed by atoms with Gasteiger partial charge in [0.1, 0.15) is 0 Å². The zero-order chi connectivity index (χ0) is 12.4. The van der Waals surface area contributed by atoms with Crippen LogP contribution in [0.15, 0.2) is 4.42 Å². The third kappa shape index (κ3) is 3.02. The summed E-state index contributed by atoms with van der Waals surface area (Å²) in [6.45, 7) is 3.96. The summed E-state index contributed by atoms with van der Waals surface area (Å²) in [4.78, 5) is 2.29. The van der Waals surface area contributed by atoms with E-state index in [9.17, 15) is 0 Å². The summed E-state index contributed by atoms with van der Waals surface area (Å²) in [5.74, 6) is 0.721. The quantitative estimate of drug-likeness (QED) is 0.765. The summed E-state index contributed by atoms with van der Waals surface area (Å²) in [5.41, 5.74) is 0. The van der Waals surface area contributed by atoms with Crippen LogP contribution in [0, 0.1) is 0 Å².